The number of imide groups is 1. The number of amides is 3. The molecule has 1 aromatic rings. The number of carbonyl (C=O) groups is 2. The van der Waals surface area contributed by atoms with Gasteiger partial charge in [-0.25, -0.2) is 4.79 Å². The van der Waals surface area contributed by atoms with Gasteiger partial charge >= 0.3 is 6.03 Å². The number of nitro groups is 1. The molecule has 0 aliphatic rings. The molecule has 0 spiro atoms. The fourth-order valence-electron chi connectivity index (χ4n) is 1.45. The number of anilines is 1. The van der Waals surface area contributed by atoms with Crippen LogP contribution in [0.3, 0.4) is 0 Å². The van der Waals surface area contributed by atoms with Crippen molar-refractivity contribution in [1.82, 2.24) is 5.32 Å². The second-order valence-electron chi connectivity index (χ2n) is 3.87. The molecule has 19 heavy (non-hydrogen) atoms. The highest BCUT2D eigenvalue weighted by atomic mass is 16.6. The first-order valence-electron chi connectivity index (χ1n) is 5.48. The van der Waals surface area contributed by atoms with Gasteiger partial charge in [-0.1, -0.05) is 6.07 Å². The Bertz CT molecular complexity index is 515. The van der Waals surface area contributed by atoms with Crippen LogP contribution >= 0.6 is 0 Å². The van der Waals surface area contributed by atoms with Crippen LogP contribution in [0.25, 0.3) is 0 Å². The number of aryl methyl sites for hydroxylation is 1. The van der Waals surface area contributed by atoms with Crippen molar-refractivity contribution in [3.05, 3.63) is 33.9 Å². The molecule has 0 unspecified atom stereocenters. The summed E-state index contributed by atoms with van der Waals surface area (Å²) >= 11 is 0. The Hall–Kier alpha value is -2.64. The number of urea groups is 1. The molecule has 4 N–H and O–H groups in total. The van der Waals surface area contributed by atoms with Crippen molar-refractivity contribution in [2.24, 2.45) is 5.73 Å². The summed E-state index contributed by atoms with van der Waals surface area (Å²) in [6.07, 6.45) is -0.0199. The number of hydrogen-bond donors (Lipinski definition) is 3. The smallest absolute Gasteiger partial charge is 0.318 e. The first kappa shape index (κ1) is 14.4. The lowest BCUT2D eigenvalue weighted by molar-refractivity contribution is -0.384. The van der Waals surface area contributed by atoms with E-state index in [2.05, 4.69) is 5.32 Å². The third-order valence-corrected chi connectivity index (χ3v) is 2.28. The molecule has 0 bridgehead atoms. The molecule has 0 aliphatic carbocycles. The van der Waals surface area contributed by atoms with Gasteiger partial charge in [-0.15, -0.1) is 0 Å². The minimum Gasteiger partial charge on any atom is -0.379 e. The number of nitrogens with zero attached hydrogens (tertiary/aromatic N) is 1. The molecular weight excluding hydrogens is 252 g/mol. The van der Waals surface area contributed by atoms with Crippen LogP contribution in [0.5, 0.6) is 0 Å². The second kappa shape index (κ2) is 6.34. The van der Waals surface area contributed by atoms with E-state index in [1.165, 1.54) is 6.07 Å². The van der Waals surface area contributed by atoms with E-state index < -0.39 is 16.9 Å². The van der Waals surface area contributed by atoms with E-state index in [4.69, 9.17) is 5.73 Å². The van der Waals surface area contributed by atoms with E-state index in [0.717, 1.165) is 5.56 Å². The van der Waals surface area contributed by atoms with Crippen LogP contribution < -0.4 is 16.4 Å². The second-order valence-corrected chi connectivity index (χ2v) is 3.87. The van der Waals surface area contributed by atoms with Gasteiger partial charge in [-0.05, 0) is 18.6 Å². The van der Waals surface area contributed by atoms with Crippen molar-refractivity contribution in [1.29, 1.82) is 0 Å². The van der Waals surface area contributed by atoms with Gasteiger partial charge in [0.25, 0.3) is 5.69 Å². The number of carbonyl (C=O) groups excluding carboxylic acids is 2. The number of primary amides is 1. The lowest BCUT2D eigenvalue weighted by Crippen LogP contribution is -2.35. The third kappa shape index (κ3) is 4.62. The Morgan fingerprint density at radius 2 is 2.11 bits per heavy atom. The summed E-state index contributed by atoms with van der Waals surface area (Å²) in [4.78, 5) is 31.9. The highest BCUT2D eigenvalue weighted by molar-refractivity contribution is 5.93. The Kier molecular flexibility index (Phi) is 4.81. The molecule has 1 rings (SSSR count). The van der Waals surface area contributed by atoms with Crippen molar-refractivity contribution in [3.63, 3.8) is 0 Å². The van der Waals surface area contributed by atoms with Crippen LogP contribution in [-0.4, -0.2) is 23.4 Å². The van der Waals surface area contributed by atoms with Crippen LogP contribution in [0.2, 0.25) is 0 Å². The predicted molar refractivity (Wildman–Crippen MR) is 68.7 cm³/mol. The number of nitro benzene ring substituents is 1. The summed E-state index contributed by atoms with van der Waals surface area (Å²) in [5.41, 5.74) is 5.81. The molecule has 8 heteroatoms. The summed E-state index contributed by atoms with van der Waals surface area (Å²) in [6.45, 7) is 1.90. The minimum absolute atomic E-state index is 0.0199. The van der Waals surface area contributed by atoms with Gasteiger partial charge in [-0.3, -0.25) is 20.2 Å². The summed E-state index contributed by atoms with van der Waals surface area (Å²) in [7, 11) is 0. The van der Waals surface area contributed by atoms with E-state index in [-0.39, 0.29) is 18.7 Å². The topological polar surface area (TPSA) is 127 Å². The molecule has 0 fully saturated rings. The van der Waals surface area contributed by atoms with Crippen LogP contribution in [0.15, 0.2) is 18.2 Å². The fourth-order valence-corrected chi connectivity index (χ4v) is 1.45. The maximum absolute atomic E-state index is 11.1. The molecule has 0 radical (unpaired) electrons. The molecule has 3 amide bonds. The van der Waals surface area contributed by atoms with Crippen LogP contribution in [-0.2, 0) is 4.79 Å². The Morgan fingerprint density at radius 3 is 2.68 bits per heavy atom. The Morgan fingerprint density at radius 1 is 1.42 bits per heavy atom. The first-order valence-corrected chi connectivity index (χ1v) is 5.48. The highest BCUT2D eigenvalue weighted by Crippen LogP contribution is 2.24. The molecule has 102 valence electrons. The van der Waals surface area contributed by atoms with E-state index >= 15 is 0 Å². The molecule has 1 aromatic carbocycles. The predicted octanol–water partition coefficient (Wildman–Crippen LogP) is 0.900. The lowest BCUT2D eigenvalue weighted by Gasteiger charge is -2.07. The molecular formula is C11H14N4O4. The van der Waals surface area contributed by atoms with Crippen LogP contribution in [0, 0.1) is 17.0 Å². The summed E-state index contributed by atoms with van der Waals surface area (Å²) in [6, 6.07) is 3.80. The minimum atomic E-state index is -0.925. The molecule has 0 saturated heterocycles. The molecule has 0 aromatic heterocycles. The van der Waals surface area contributed by atoms with Crippen molar-refractivity contribution in [3.8, 4) is 0 Å². The maximum atomic E-state index is 11.1. The molecule has 0 atom stereocenters. The fraction of sp³-hybridized carbons (Fsp3) is 0.273. The van der Waals surface area contributed by atoms with Crippen molar-refractivity contribution in [2.45, 2.75) is 13.3 Å². The van der Waals surface area contributed by atoms with E-state index in [9.17, 15) is 19.7 Å². The van der Waals surface area contributed by atoms with E-state index in [1.807, 2.05) is 5.32 Å². The number of hydrogen-bond acceptors (Lipinski definition) is 5. The quantitative estimate of drug-likeness (QED) is 0.539. The SMILES string of the molecule is Cc1ccc(NCCC(=O)NC(N)=O)c([N+](=O)[O-])c1. The van der Waals surface area contributed by atoms with Crippen LogP contribution in [0.1, 0.15) is 12.0 Å². The van der Waals surface area contributed by atoms with Gasteiger partial charge < -0.3 is 11.1 Å². The normalized spacial score (nSPS) is 9.74. The number of benzene rings is 1. The van der Waals surface area contributed by atoms with Gasteiger partial charge in [0.2, 0.25) is 5.91 Å². The summed E-state index contributed by atoms with van der Waals surface area (Å²) < 4.78 is 0. The maximum Gasteiger partial charge on any atom is 0.318 e. The monoisotopic (exact) mass is 266 g/mol. The Balaban J connectivity index is 2.61. The number of nitrogens with one attached hydrogen (secondary N) is 2. The van der Waals surface area contributed by atoms with Gasteiger partial charge in [0.05, 0.1) is 4.92 Å². The lowest BCUT2D eigenvalue weighted by atomic mass is 10.2. The summed E-state index contributed by atoms with van der Waals surface area (Å²) in [5, 5.41) is 15.5. The average molecular weight is 266 g/mol. The Labute approximate surface area is 109 Å². The van der Waals surface area contributed by atoms with Gasteiger partial charge in [-0.2, -0.15) is 0 Å². The van der Waals surface area contributed by atoms with Gasteiger partial charge in [0, 0.05) is 19.0 Å². The third-order valence-electron chi connectivity index (χ3n) is 2.28. The first-order chi connectivity index (χ1) is 8.90. The van der Waals surface area contributed by atoms with E-state index in [1.54, 1.807) is 19.1 Å². The van der Waals surface area contributed by atoms with Crippen molar-refractivity contribution in [2.75, 3.05) is 11.9 Å². The molecule has 0 saturated carbocycles. The highest BCUT2D eigenvalue weighted by Gasteiger charge is 2.13. The van der Waals surface area contributed by atoms with Crippen LogP contribution in [0.4, 0.5) is 16.2 Å². The van der Waals surface area contributed by atoms with Gasteiger partial charge in [0.15, 0.2) is 0 Å². The van der Waals surface area contributed by atoms with Gasteiger partial charge in [0.1, 0.15) is 5.69 Å². The largest absolute Gasteiger partial charge is 0.379 e. The zero-order valence-corrected chi connectivity index (χ0v) is 10.3. The number of nitrogens with two attached hydrogens (primary N) is 1. The zero-order valence-electron chi connectivity index (χ0n) is 10.3. The van der Waals surface area contributed by atoms with E-state index in [0.29, 0.717) is 5.69 Å². The number of rotatable bonds is 5. The van der Waals surface area contributed by atoms with Crippen molar-refractivity contribution < 1.29 is 14.5 Å². The summed E-state index contributed by atoms with van der Waals surface area (Å²) in [5.74, 6) is -0.547. The molecule has 8 nitrogen and oxygen atoms in total. The molecule has 0 heterocycles. The standard InChI is InChI=1S/C11H14N4O4/c1-7-2-3-8(9(6-7)15(18)19)13-5-4-10(16)14-11(12)17/h2-3,6,13H,4-5H2,1H3,(H3,12,14,16,17). The average Bonchev–Trinajstić information content (AvgIpc) is 2.29. The molecule has 0 aliphatic heterocycles. The van der Waals surface area contributed by atoms with Crippen molar-refractivity contribution >= 4 is 23.3 Å². The zero-order chi connectivity index (χ0) is 14.4.